The summed E-state index contributed by atoms with van der Waals surface area (Å²) in [6.45, 7) is 2.07. The molecular formula is C26H31F4NO7. The number of alkyl halides is 2. The number of rotatable bonds is 16. The fourth-order valence-corrected chi connectivity index (χ4v) is 3.13. The van der Waals surface area contributed by atoms with Gasteiger partial charge in [-0.25, -0.2) is 27.2 Å². The number of amides is 1. The summed E-state index contributed by atoms with van der Waals surface area (Å²) in [7, 11) is 0. The van der Waals surface area contributed by atoms with Gasteiger partial charge in [-0.3, -0.25) is 0 Å². The third-order valence-electron chi connectivity index (χ3n) is 5.31. The first-order chi connectivity index (χ1) is 18.0. The van der Waals surface area contributed by atoms with Crippen LogP contribution in [0, 0.1) is 11.6 Å². The lowest BCUT2D eigenvalue weighted by molar-refractivity contribution is -0.149. The van der Waals surface area contributed by atoms with E-state index in [1.165, 1.54) is 6.92 Å². The molecule has 8 nitrogen and oxygen atoms in total. The highest BCUT2D eigenvalue weighted by molar-refractivity contribution is 5.72. The van der Waals surface area contributed by atoms with Crippen LogP contribution in [-0.4, -0.2) is 73.6 Å². The van der Waals surface area contributed by atoms with Gasteiger partial charge in [0.25, 0.3) is 5.92 Å². The second-order valence-electron chi connectivity index (χ2n) is 8.17. The highest BCUT2D eigenvalue weighted by atomic mass is 19.3. The summed E-state index contributed by atoms with van der Waals surface area (Å²) in [6, 6.07) is 9.20. The molecule has 1 N–H and O–H groups in total. The SMILES string of the molecule is CCOC(Cc1ccc(OCCN(CCOCC(F)(F)CC)C(=O)Oc2ccc(F)c(F)c2)cc1)C(=O)O. The molecule has 12 heteroatoms. The average Bonchev–Trinajstić information content (AvgIpc) is 2.88. The van der Waals surface area contributed by atoms with Crippen molar-refractivity contribution in [3.05, 3.63) is 59.7 Å². The van der Waals surface area contributed by atoms with Gasteiger partial charge >= 0.3 is 12.1 Å². The Morgan fingerprint density at radius 2 is 1.63 bits per heavy atom. The quantitative estimate of drug-likeness (QED) is 0.236. The van der Waals surface area contributed by atoms with Crippen molar-refractivity contribution in [2.75, 3.05) is 39.5 Å². The molecular weight excluding hydrogens is 514 g/mol. The number of carboxylic acid groups (broad SMARTS) is 1. The van der Waals surface area contributed by atoms with Gasteiger partial charge in [-0.2, -0.15) is 0 Å². The maximum Gasteiger partial charge on any atom is 0.415 e. The van der Waals surface area contributed by atoms with E-state index in [0.29, 0.717) is 11.8 Å². The largest absolute Gasteiger partial charge is 0.492 e. The van der Waals surface area contributed by atoms with E-state index < -0.39 is 48.8 Å². The van der Waals surface area contributed by atoms with Crippen molar-refractivity contribution < 1.29 is 51.2 Å². The van der Waals surface area contributed by atoms with Gasteiger partial charge in [0, 0.05) is 32.1 Å². The van der Waals surface area contributed by atoms with Gasteiger partial charge < -0.3 is 29.0 Å². The lowest BCUT2D eigenvalue weighted by atomic mass is 10.1. The molecule has 0 spiro atoms. The lowest BCUT2D eigenvalue weighted by Gasteiger charge is -2.23. The smallest absolute Gasteiger partial charge is 0.415 e. The van der Waals surface area contributed by atoms with E-state index >= 15 is 0 Å². The molecule has 0 saturated heterocycles. The van der Waals surface area contributed by atoms with E-state index in [1.807, 2.05) is 0 Å². The minimum absolute atomic E-state index is 0.0198. The topological polar surface area (TPSA) is 94.5 Å². The molecule has 0 fully saturated rings. The monoisotopic (exact) mass is 545 g/mol. The molecule has 0 saturated carbocycles. The molecule has 2 rings (SSSR count). The zero-order valence-electron chi connectivity index (χ0n) is 21.1. The molecule has 2 aromatic carbocycles. The number of ether oxygens (including phenoxy) is 4. The first-order valence-electron chi connectivity index (χ1n) is 12.0. The molecule has 2 aromatic rings. The molecule has 1 amide bonds. The Morgan fingerprint density at radius 1 is 0.974 bits per heavy atom. The Balaban J connectivity index is 1.96. The summed E-state index contributed by atoms with van der Waals surface area (Å²) in [5.74, 6) is -6.17. The van der Waals surface area contributed by atoms with Crippen LogP contribution in [0.15, 0.2) is 42.5 Å². The van der Waals surface area contributed by atoms with Gasteiger partial charge in [-0.05, 0) is 36.8 Å². The zero-order chi connectivity index (χ0) is 28.1. The normalized spacial score (nSPS) is 12.2. The number of halogens is 4. The highest BCUT2D eigenvalue weighted by Crippen LogP contribution is 2.19. The van der Waals surface area contributed by atoms with Gasteiger partial charge in [-0.1, -0.05) is 19.1 Å². The fourth-order valence-electron chi connectivity index (χ4n) is 3.13. The number of aliphatic carboxylic acids is 1. The number of hydrogen-bond acceptors (Lipinski definition) is 6. The van der Waals surface area contributed by atoms with E-state index in [1.54, 1.807) is 31.2 Å². The van der Waals surface area contributed by atoms with Crippen molar-refractivity contribution in [3.8, 4) is 11.5 Å². The zero-order valence-corrected chi connectivity index (χ0v) is 21.1. The van der Waals surface area contributed by atoms with E-state index in [0.717, 1.165) is 22.6 Å². The summed E-state index contributed by atoms with van der Waals surface area (Å²) in [5.41, 5.74) is 0.718. The predicted molar refractivity (Wildman–Crippen MR) is 129 cm³/mol. The van der Waals surface area contributed by atoms with Crippen molar-refractivity contribution in [1.82, 2.24) is 4.90 Å². The average molecular weight is 546 g/mol. The van der Waals surface area contributed by atoms with Gasteiger partial charge in [-0.15, -0.1) is 0 Å². The lowest BCUT2D eigenvalue weighted by Crippen LogP contribution is -2.39. The van der Waals surface area contributed by atoms with Crippen molar-refractivity contribution in [1.29, 1.82) is 0 Å². The molecule has 0 aliphatic carbocycles. The summed E-state index contributed by atoms with van der Waals surface area (Å²) < 4.78 is 74.4. The Hall–Kier alpha value is -3.38. The first kappa shape index (κ1) is 30.8. The molecule has 0 radical (unpaired) electrons. The van der Waals surface area contributed by atoms with E-state index in [9.17, 15) is 32.3 Å². The molecule has 1 unspecified atom stereocenters. The van der Waals surface area contributed by atoms with Crippen LogP contribution in [0.25, 0.3) is 0 Å². The van der Waals surface area contributed by atoms with Crippen molar-refractivity contribution in [2.24, 2.45) is 0 Å². The molecule has 38 heavy (non-hydrogen) atoms. The van der Waals surface area contributed by atoms with Crippen molar-refractivity contribution in [3.63, 3.8) is 0 Å². The second kappa shape index (κ2) is 15.1. The second-order valence-corrected chi connectivity index (χ2v) is 8.17. The summed E-state index contributed by atoms with van der Waals surface area (Å²) in [6.07, 6.45) is -2.13. The number of benzene rings is 2. The van der Waals surface area contributed by atoms with E-state index in [2.05, 4.69) is 0 Å². The van der Waals surface area contributed by atoms with E-state index in [4.69, 9.17) is 18.9 Å². The van der Waals surface area contributed by atoms with Crippen LogP contribution in [0.2, 0.25) is 0 Å². The Labute approximate surface area is 218 Å². The third kappa shape index (κ3) is 10.5. The Bertz CT molecular complexity index is 1040. The third-order valence-corrected chi connectivity index (χ3v) is 5.31. The maximum atomic E-state index is 13.5. The van der Waals surface area contributed by atoms with Crippen LogP contribution in [0.4, 0.5) is 22.4 Å². The minimum Gasteiger partial charge on any atom is -0.492 e. The van der Waals surface area contributed by atoms with Crippen LogP contribution in [0.5, 0.6) is 11.5 Å². The molecule has 0 aliphatic rings. The summed E-state index contributed by atoms with van der Waals surface area (Å²) in [4.78, 5) is 25.0. The van der Waals surface area contributed by atoms with Crippen molar-refractivity contribution >= 4 is 12.1 Å². The summed E-state index contributed by atoms with van der Waals surface area (Å²) >= 11 is 0. The van der Waals surface area contributed by atoms with Crippen LogP contribution < -0.4 is 9.47 Å². The molecule has 0 bridgehead atoms. The number of hydrogen-bond donors (Lipinski definition) is 1. The maximum absolute atomic E-state index is 13.5. The van der Waals surface area contributed by atoms with Crippen LogP contribution in [0.1, 0.15) is 25.8 Å². The standard InChI is InChI=1S/C26H31F4NO7/c1-3-26(29,30)17-35-13-11-31(25(34)38-20-9-10-21(27)22(28)16-20)12-14-37-19-7-5-18(6-8-19)15-23(24(32)33)36-4-2/h5-10,16,23H,3-4,11-15,17H2,1-2H3,(H,32,33). The van der Waals surface area contributed by atoms with E-state index in [-0.39, 0.29) is 45.1 Å². The first-order valence-corrected chi connectivity index (χ1v) is 12.0. The van der Waals surface area contributed by atoms with Crippen LogP contribution in [0.3, 0.4) is 0 Å². The van der Waals surface area contributed by atoms with Gasteiger partial charge in [0.2, 0.25) is 0 Å². The molecule has 0 heterocycles. The highest BCUT2D eigenvalue weighted by Gasteiger charge is 2.26. The molecule has 210 valence electrons. The van der Waals surface area contributed by atoms with Crippen molar-refractivity contribution in [2.45, 2.75) is 38.7 Å². The van der Waals surface area contributed by atoms with Crippen LogP contribution in [-0.2, 0) is 20.7 Å². The minimum atomic E-state index is -3.00. The fraction of sp³-hybridized carbons (Fsp3) is 0.462. The molecule has 0 aromatic heterocycles. The predicted octanol–water partition coefficient (Wildman–Crippen LogP) is 4.94. The summed E-state index contributed by atoms with van der Waals surface area (Å²) in [5, 5.41) is 9.21. The van der Waals surface area contributed by atoms with Crippen LogP contribution >= 0.6 is 0 Å². The van der Waals surface area contributed by atoms with Gasteiger partial charge in [0.1, 0.15) is 24.7 Å². The number of carbonyl (C=O) groups is 2. The Kier molecular flexibility index (Phi) is 12.3. The number of nitrogens with zero attached hydrogens (tertiary/aromatic N) is 1. The van der Waals surface area contributed by atoms with Gasteiger partial charge in [0.05, 0.1) is 13.2 Å². The molecule has 0 aliphatic heterocycles. The Morgan fingerprint density at radius 3 is 2.24 bits per heavy atom. The molecule has 1 atom stereocenters. The number of carbonyl (C=O) groups excluding carboxylic acids is 1. The number of carboxylic acids is 1. The van der Waals surface area contributed by atoms with Gasteiger partial charge in [0.15, 0.2) is 17.7 Å².